The fraction of sp³-hybridized carbons (Fsp3) is 0.778. The average molecular weight is 251 g/mol. The molecule has 8 heteroatoms. The summed E-state index contributed by atoms with van der Waals surface area (Å²) in [5, 5.41) is 18.1. The summed E-state index contributed by atoms with van der Waals surface area (Å²) in [6.45, 7) is 2.66. The average Bonchev–Trinajstić information content (AvgIpc) is 2.13. The molecule has 0 aromatic rings. The van der Waals surface area contributed by atoms with Crippen LogP contribution in [0.15, 0.2) is 0 Å². The maximum absolute atomic E-state index is 11.1. The first-order valence-electron chi connectivity index (χ1n) is 4.84. The smallest absolute Gasteiger partial charge is 0.404 e. The third-order valence-corrected chi connectivity index (χ3v) is 1.89. The molecule has 0 aliphatic heterocycles. The lowest BCUT2D eigenvalue weighted by Gasteiger charge is -2.30. The monoisotopic (exact) mass is 251 g/mol. The fourth-order valence-corrected chi connectivity index (χ4v) is 1.30. The first kappa shape index (κ1) is 15.6. The minimum atomic E-state index is -2.09. The highest BCUT2D eigenvalue weighted by Gasteiger charge is 2.43. The second-order valence-corrected chi connectivity index (χ2v) is 3.43. The van der Waals surface area contributed by atoms with Crippen LogP contribution in [0.2, 0.25) is 0 Å². The van der Waals surface area contributed by atoms with Crippen molar-refractivity contribution in [1.29, 1.82) is 0 Å². The summed E-state index contributed by atoms with van der Waals surface area (Å²) in [6, 6.07) is 0. The van der Waals surface area contributed by atoms with E-state index in [0.717, 1.165) is 7.11 Å². The lowest BCUT2D eigenvalue weighted by molar-refractivity contribution is -0.288. The number of ether oxygens (including phenoxy) is 3. The second-order valence-electron chi connectivity index (χ2n) is 3.43. The van der Waals surface area contributed by atoms with Gasteiger partial charge in [-0.2, -0.15) is 0 Å². The Hall–Kier alpha value is -1.38. The van der Waals surface area contributed by atoms with Gasteiger partial charge in [0.15, 0.2) is 6.29 Å². The molecule has 0 spiro atoms. The molecule has 0 heterocycles. The van der Waals surface area contributed by atoms with Gasteiger partial charge >= 0.3 is 12.1 Å². The number of carbonyl (C=O) groups is 2. The summed E-state index contributed by atoms with van der Waals surface area (Å²) >= 11 is 0. The number of rotatable bonds is 7. The number of hydrogen-bond donors (Lipinski definition) is 3. The van der Waals surface area contributed by atoms with Crippen LogP contribution in [0.3, 0.4) is 0 Å². The first-order chi connectivity index (χ1) is 7.73. The number of amides is 1. The molecule has 0 aromatic carbocycles. The largest absolute Gasteiger partial charge is 0.477 e. The number of carbonyl (C=O) groups excluding carboxylic acids is 1. The van der Waals surface area contributed by atoms with Crippen molar-refractivity contribution >= 4 is 12.1 Å². The Balaban J connectivity index is 4.79. The quantitative estimate of drug-likeness (QED) is 0.527. The number of carboxylic acid groups (broad SMARTS) is 1. The maximum atomic E-state index is 11.1. The molecule has 0 aliphatic rings. The highest BCUT2D eigenvalue weighted by Crippen LogP contribution is 2.22. The molecule has 2 unspecified atom stereocenters. The van der Waals surface area contributed by atoms with E-state index in [1.165, 1.54) is 13.8 Å². The van der Waals surface area contributed by atoms with Crippen LogP contribution in [0.25, 0.3) is 0 Å². The number of methoxy groups -OCH3 is 1. The van der Waals surface area contributed by atoms with E-state index in [1.807, 2.05) is 0 Å². The van der Waals surface area contributed by atoms with Gasteiger partial charge in [0, 0.05) is 7.11 Å². The Kier molecular flexibility index (Phi) is 5.86. The Morgan fingerprint density at radius 2 is 1.94 bits per heavy atom. The molecule has 0 saturated heterocycles. The van der Waals surface area contributed by atoms with Crippen molar-refractivity contribution in [2.24, 2.45) is 5.73 Å². The van der Waals surface area contributed by atoms with Crippen LogP contribution in [0.5, 0.6) is 0 Å². The van der Waals surface area contributed by atoms with Gasteiger partial charge in [-0.05, 0) is 13.8 Å². The van der Waals surface area contributed by atoms with Gasteiger partial charge in [0.2, 0.25) is 0 Å². The molecule has 17 heavy (non-hydrogen) atoms. The van der Waals surface area contributed by atoms with Crippen LogP contribution in [-0.4, -0.2) is 47.6 Å². The predicted octanol–water partition coefficient (Wildman–Crippen LogP) is -0.357. The van der Waals surface area contributed by atoms with E-state index in [9.17, 15) is 9.59 Å². The van der Waals surface area contributed by atoms with Crippen LogP contribution in [0, 0.1) is 0 Å². The zero-order valence-corrected chi connectivity index (χ0v) is 9.87. The zero-order valence-electron chi connectivity index (χ0n) is 9.87. The topological polar surface area (TPSA) is 128 Å². The summed E-state index contributed by atoms with van der Waals surface area (Å²) in [5.74, 6) is -3.54. The van der Waals surface area contributed by atoms with Crippen LogP contribution >= 0.6 is 0 Å². The van der Waals surface area contributed by atoms with Gasteiger partial charge < -0.3 is 30.2 Å². The van der Waals surface area contributed by atoms with Gasteiger partial charge in [-0.25, -0.2) is 9.59 Å². The summed E-state index contributed by atoms with van der Waals surface area (Å²) in [4.78, 5) is 21.6. The van der Waals surface area contributed by atoms with Crippen LogP contribution in [0.4, 0.5) is 4.79 Å². The third-order valence-electron chi connectivity index (χ3n) is 1.89. The molecular weight excluding hydrogens is 234 g/mol. The van der Waals surface area contributed by atoms with Crippen LogP contribution in [0.1, 0.15) is 20.3 Å². The molecule has 1 amide bonds. The molecule has 100 valence electrons. The van der Waals surface area contributed by atoms with Gasteiger partial charge in [-0.15, -0.1) is 0 Å². The Morgan fingerprint density at radius 1 is 1.41 bits per heavy atom. The number of aliphatic carboxylic acids is 1. The zero-order chi connectivity index (χ0) is 13.6. The number of primary amides is 1. The molecule has 3 atom stereocenters. The van der Waals surface area contributed by atoms with Gasteiger partial charge in [0.05, 0.1) is 6.42 Å². The number of aliphatic hydroxyl groups is 1. The third kappa shape index (κ3) is 4.98. The van der Waals surface area contributed by atoms with E-state index < -0.39 is 30.2 Å². The van der Waals surface area contributed by atoms with Gasteiger partial charge in [0.25, 0.3) is 5.79 Å². The van der Waals surface area contributed by atoms with Crippen molar-refractivity contribution in [1.82, 2.24) is 0 Å². The Bertz CT molecular complexity index is 281. The summed E-state index contributed by atoms with van der Waals surface area (Å²) in [5.41, 5.74) is 4.79. The summed E-state index contributed by atoms with van der Waals surface area (Å²) < 4.78 is 14.1. The minimum Gasteiger partial charge on any atom is -0.477 e. The molecule has 0 bridgehead atoms. The van der Waals surface area contributed by atoms with Gasteiger partial charge in [-0.3, -0.25) is 0 Å². The van der Waals surface area contributed by atoms with E-state index in [4.69, 9.17) is 25.4 Å². The van der Waals surface area contributed by atoms with E-state index >= 15 is 0 Å². The van der Waals surface area contributed by atoms with E-state index in [0.29, 0.717) is 0 Å². The Labute approximate surface area is 98.3 Å². The molecular formula is C9H17NO7. The molecule has 0 fully saturated rings. The van der Waals surface area contributed by atoms with Crippen LogP contribution in [-0.2, 0) is 19.0 Å². The lowest BCUT2D eigenvalue weighted by Crippen LogP contribution is -2.48. The molecule has 0 saturated carbocycles. The summed E-state index contributed by atoms with van der Waals surface area (Å²) in [6.07, 6.45) is -3.55. The summed E-state index contributed by atoms with van der Waals surface area (Å²) in [7, 11) is 1.10. The highest BCUT2D eigenvalue weighted by atomic mass is 16.8. The highest BCUT2D eigenvalue weighted by molar-refractivity contribution is 5.75. The molecule has 0 rings (SSSR count). The number of nitrogens with two attached hydrogens (primary N) is 1. The van der Waals surface area contributed by atoms with Gasteiger partial charge in [0.1, 0.15) is 6.10 Å². The molecule has 0 aromatic heterocycles. The van der Waals surface area contributed by atoms with E-state index in [1.54, 1.807) is 0 Å². The minimum absolute atomic E-state index is 0.313. The predicted molar refractivity (Wildman–Crippen MR) is 54.9 cm³/mol. The van der Waals surface area contributed by atoms with Crippen molar-refractivity contribution in [3.63, 3.8) is 0 Å². The normalized spacial score (nSPS) is 17.9. The molecule has 0 radical (unpaired) electrons. The number of hydrogen-bond acceptors (Lipinski definition) is 6. The van der Waals surface area contributed by atoms with Crippen LogP contribution < -0.4 is 5.73 Å². The SMILES string of the molecule is COC(C[C@H](C)OC(N)=O)(OC(C)O)C(=O)O. The number of carboxylic acids is 1. The van der Waals surface area contributed by atoms with Gasteiger partial charge in [-0.1, -0.05) is 0 Å². The molecule has 4 N–H and O–H groups in total. The van der Waals surface area contributed by atoms with Crippen molar-refractivity contribution in [3.8, 4) is 0 Å². The maximum Gasteiger partial charge on any atom is 0.404 e. The standard InChI is InChI=1S/C9H17NO7/c1-5(16-8(10)14)4-9(15-3,7(12)13)17-6(2)11/h5-6,11H,4H2,1-3H3,(H2,10,14)(H,12,13)/t5-,6?,9?/m0/s1. The van der Waals surface area contributed by atoms with Crippen molar-refractivity contribution < 1.29 is 34.0 Å². The second kappa shape index (κ2) is 6.38. The lowest BCUT2D eigenvalue weighted by atomic mass is 10.1. The molecule has 0 aliphatic carbocycles. The first-order valence-corrected chi connectivity index (χ1v) is 4.84. The van der Waals surface area contributed by atoms with E-state index in [-0.39, 0.29) is 6.42 Å². The van der Waals surface area contributed by atoms with Crippen molar-refractivity contribution in [2.45, 2.75) is 38.4 Å². The Morgan fingerprint density at radius 3 is 2.24 bits per heavy atom. The van der Waals surface area contributed by atoms with Crippen molar-refractivity contribution in [3.05, 3.63) is 0 Å². The fourth-order valence-electron chi connectivity index (χ4n) is 1.30. The van der Waals surface area contributed by atoms with E-state index in [2.05, 4.69) is 4.74 Å². The molecule has 8 nitrogen and oxygen atoms in total. The van der Waals surface area contributed by atoms with Crippen molar-refractivity contribution in [2.75, 3.05) is 7.11 Å². The number of aliphatic hydroxyl groups excluding tert-OH is 1.